The number of nitrogens with two attached hydrogens (primary N) is 1. The van der Waals surface area contributed by atoms with Crippen LogP contribution in [0.3, 0.4) is 0 Å². The summed E-state index contributed by atoms with van der Waals surface area (Å²) >= 11 is 0. The molecule has 4 nitrogen and oxygen atoms in total. The molecule has 0 spiro atoms. The van der Waals surface area contributed by atoms with Crippen LogP contribution in [-0.4, -0.2) is 29.8 Å². The van der Waals surface area contributed by atoms with Crippen LogP contribution in [0.2, 0.25) is 0 Å². The van der Waals surface area contributed by atoms with Crippen LogP contribution in [0.5, 0.6) is 0 Å². The van der Waals surface area contributed by atoms with Crippen LogP contribution in [0, 0.1) is 0 Å². The fourth-order valence-corrected chi connectivity index (χ4v) is 1.42. The number of rotatable bonds is 4. The van der Waals surface area contributed by atoms with Gasteiger partial charge in [-0.3, -0.25) is 4.79 Å². The van der Waals surface area contributed by atoms with Crippen LogP contribution >= 0.6 is 0 Å². The minimum Gasteiger partial charge on any atom is -0.481 e. The monoisotopic (exact) mass is 173 g/mol. The molecule has 0 saturated carbocycles. The molecule has 0 aromatic rings. The van der Waals surface area contributed by atoms with Crippen LogP contribution in [-0.2, 0) is 9.53 Å². The maximum atomic E-state index is 10.2. The summed E-state index contributed by atoms with van der Waals surface area (Å²) < 4.78 is 5.33. The van der Waals surface area contributed by atoms with E-state index in [9.17, 15) is 4.79 Å². The molecule has 4 heteroatoms. The predicted octanol–water partition coefficient (Wildman–Crippen LogP) is 0.357. The molecule has 1 aliphatic heterocycles. The summed E-state index contributed by atoms with van der Waals surface area (Å²) in [6, 6.07) is -0.108. The van der Waals surface area contributed by atoms with Gasteiger partial charge in [-0.15, -0.1) is 0 Å². The minimum absolute atomic E-state index is 0.0874. The van der Waals surface area contributed by atoms with Crippen LogP contribution < -0.4 is 5.73 Å². The lowest BCUT2D eigenvalue weighted by Crippen LogP contribution is -2.34. The van der Waals surface area contributed by atoms with E-state index in [4.69, 9.17) is 15.6 Å². The van der Waals surface area contributed by atoms with Gasteiger partial charge in [-0.05, 0) is 19.3 Å². The third kappa shape index (κ3) is 2.79. The molecule has 1 fully saturated rings. The molecule has 0 radical (unpaired) electrons. The number of hydrogen-bond acceptors (Lipinski definition) is 3. The van der Waals surface area contributed by atoms with E-state index in [1.165, 1.54) is 0 Å². The maximum absolute atomic E-state index is 10.2. The topological polar surface area (TPSA) is 72.6 Å². The van der Waals surface area contributed by atoms with Gasteiger partial charge in [0.2, 0.25) is 0 Å². The van der Waals surface area contributed by atoms with Crippen molar-refractivity contribution in [3.8, 4) is 0 Å². The quantitative estimate of drug-likeness (QED) is 0.643. The van der Waals surface area contributed by atoms with Crippen molar-refractivity contribution in [2.24, 2.45) is 5.73 Å². The first-order valence-electron chi connectivity index (χ1n) is 4.29. The maximum Gasteiger partial charge on any atom is 0.303 e. The average Bonchev–Trinajstić information content (AvgIpc) is 2.51. The third-order valence-electron chi connectivity index (χ3n) is 2.13. The SMILES string of the molecule is NC(CCC(=O)O)C1CCCO1. The summed E-state index contributed by atoms with van der Waals surface area (Å²) in [6.45, 7) is 0.769. The molecule has 1 heterocycles. The molecule has 1 aliphatic rings. The number of ether oxygens (including phenoxy) is 1. The highest BCUT2D eigenvalue weighted by molar-refractivity contribution is 5.66. The molecule has 0 aromatic heterocycles. The molecule has 3 N–H and O–H groups in total. The molecular formula is C8H15NO3. The van der Waals surface area contributed by atoms with E-state index in [1.54, 1.807) is 0 Å². The van der Waals surface area contributed by atoms with Crippen molar-refractivity contribution < 1.29 is 14.6 Å². The van der Waals surface area contributed by atoms with Crippen molar-refractivity contribution in [2.75, 3.05) is 6.61 Å². The molecule has 0 bridgehead atoms. The first kappa shape index (κ1) is 9.48. The third-order valence-corrected chi connectivity index (χ3v) is 2.13. The Balaban J connectivity index is 2.17. The highest BCUT2D eigenvalue weighted by Crippen LogP contribution is 2.16. The van der Waals surface area contributed by atoms with E-state index in [2.05, 4.69) is 0 Å². The minimum atomic E-state index is -0.788. The van der Waals surface area contributed by atoms with E-state index in [0.29, 0.717) is 6.42 Å². The van der Waals surface area contributed by atoms with Gasteiger partial charge >= 0.3 is 5.97 Å². The fraction of sp³-hybridized carbons (Fsp3) is 0.875. The van der Waals surface area contributed by atoms with Crippen molar-refractivity contribution in [1.82, 2.24) is 0 Å². The smallest absolute Gasteiger partial charge is 0.303 e. The van der Waals surface area contributed by atoms with Gasteiger partial charge in [-0.1, -0.05) is 0 Å². The second-order valence-electron chi connectivity index (χ2n) is 3.15. The van der Waals surface area contributed by atoms with E-state index >= 15 is 0 Å². The van der Waals surface area contributed by atoms with Gasteiger partial charge in [0.15, 0.2) is 0 Å². The lowest BCUT2D eigenvalue weighted by molar-refractivity contribution is -0.137. The lowest BCUT2D eigenvalue weighted by Gasteiger charge is -2.16. The van der Waals surface area contributed by atoms with Gasteiger partial charge in [0.1, 0.15) is 0 Å². The summed E-state index contributed by atoms with van der Waals surface area (Å²) in [4.78, 5) is 10.2. The molecule has 0 amide bonds. The molecule has 2 unspecified atom stereocenters. The standard InChI is InChI=1S/C8H15NO3/c9-6(3-4-8(10)11)7-2-1-5-12-7/h6-7H,1-5,9H2,(H,10,11). The molecule has 1 saturated heterocycles. The van der Waals surface area contributed by atoms with Gasteiger partial charge in [0, 0.05) is 19.1 Å². The van der Waals surface area contributed by atoms with Gasteiger partial charge in [0.25, 0.3) is 0 Å². The van der Waals surface area contributed by atoms with Crippen molar-refractivity contribution in [3.63, 3.8) is 0 Å². The van der Waals surface area contributed by atoms with Crippen molar-refractivity contribution >= 4 is 5.97 Å². The predicted molar refractivity (Wildman–Crippen MR) is 43.8 cm³/mol. The Morgan fingerprint density at radius 1 is 1.75 bits per heavy atom. The van der Waals surface area contributed by atoms with E-state index in [1.807, 2.05) is 0 Å². The second-order valence-corrected chi connectivity index (χ2v) is 3.15. The zero-order chi connectivity index (χ0) is 8.97. The van der Waals surface area contributed by atoms with Crippen LogP contribution in [0.1, 0.15) is 25.7 Å². The number of carboxylic acids is 1. The van der Waals surface area contributed by atoms with Gasteiger partial charge in [-0.25, -0.2) is 0 Å². The Kier molecular flexibility index (Phi) is 3.49. The number of carboxylic acid groups (broad SMARTS) is 1. The molecule has 2 atom stereocenters. The summed E-state index contributed by atoms with van der Waals surface area (Å²) in [5.74, 6) is -0.788. The highest BCUT2D eigenvalue weighted by atomic mass is 16.5. The van der Waals surface area contributed by atoms with Crippen LogP contribution in [0.15, 0.2) is 0 Å². The molecule has 0 aliphatic carbocycles. The average molecular weight is 173 g/mol. The van der Waals surface area contributed by atoms with E-state index in [-0.39, 0.29) is 18.6 Å². The van der Waals surface area contributed by atoms with Crippen molar-refractivity contribution in [1.29, 1.82) is 0 Å². The van der Waals surface area contributed by atoms with E-state index < -0.39 is 5.97 Å². The normalized spacial score (nSPS) is 25.6. The summed E-state index contributed by atoms with van der Waals surface area (Å²) in [7, 11) is 0. The number of aliphatic carboxylic acids is 1. The molecule has 1 rings (SSSR count). The largest absolute Gasteiger partial charge is 0.481 e. The molecule has 0 aromatic carbocycles. The lowest BCUT2D eigenvalue weighted by atomic mass is 10.0. The van der Waals surface area contributed by atoms with E-state index in [0.717, 1.165) is 19.4 Å². The Morgan fingerprint density at radius 3 is 3.00 bits per heavy atom. The first-order chi connectivity index (χ1) is 5.70. The Hall–Kier alpha value is -0.610. The van der Waals surface area contributed by atoms with Crippen LogP contribution in [0.25, 0.3) is 0 Å². The Labute approximate surface area is 71.7 Å². The molecular weight excluding hydrogens is 158 g/mol. The van der Waals surface area contributed by atoms with Gasteiger partial charge in [0.05, 0.1) is 6.10 Å². The van der Waals surface area contributed by atoms with Crippen molar-refractivity contribution in [3.05, 3.63) is 0 Å². The number of carbonyl (C=O) groups is 1. The Bertz CT molecular complexity index is 154. The fourth-order valence-electron chi connectivity index (χ4n) is 1.42. The zero-order valence-electron chi connectivity index (χ0n) is 7.03. The highest BCUT2D eigenvalue weighted by Gasteiger charge is 2.22. The molecule has 70 valence electrons. The second kappa shape index (κ2) is 4.42. The zero-order valence-corrected chi connectivity index (χ0v) is 7.03. The van der Waals surface area contributed by atoms with Crippen molar-refractivity contribution in [2.45, 2.75) is 37.8 Å². The Morgan fingerprint density at radius 2 is 2.50 bits per heavy atom. The van der Waals surface area contributed by atoms with Crippen LogP contribution in [0.4, 0.5) is 0 Å². The molecule has 12 heavy (non-hydrogen) atoms. The van der Waals surface area contributed by atoms with Gasteiger partial charge < -0.3 is 15.6 Å². The summed E-state index contributed by atoms with van der Waals surface area (Å²) in [5.41, 5.74) is 5.74. The van der Waals surface area contributed by atoms with Gasteiger partial charge in [-0.2, -0.15) is 0 Å². The summed E-state index contributed by atoms with van der Waals surface area (Å²) in [5, 5.41) is 8.41. The number of hydrogen-bond donors (Lipinski definition) is 2. The summed E-state index contributed by atoms with van der Waals surface area (Å²) in [6.07, 6.45) is 2.76. The first-order valence-corrected chi connectivity index (χ1v) is 4.29.